The first kappa shape index (κ1) is 16.6. The van der Waals surface area contributed by atoms with Gasteiger partial charge in [-0.05, 0) is 59.7 Å². The van der Waals surface area contributed by atoms with Crippen LogP contribution in [0.1, 0.15) is 25.8 Å². The zero-order chi connectivity index (χ0) is 17.6. The molecule has 25 heavy (non-hydrogen) atoms. The first-order valence-corrected chi connectivity index (χ1v) is 8.10. The van der Waals surface area contributed by atoms with Crippen molar-refractivity contribution in [2.75, 3.05) is 6.61 Å². The number of aromatic amines is 2. The standard InChI is InChI=1S/C18H19N5O2/c1-3-5-13-11-12(6-9-16(13)25-10-4-2)15-8-7-14(18(24)19-15)17-20-22-23-21-17/h3,5-9,11H,4,10H2,1-2H3,(H,19,24)(H,20,21,22,23)/b5-3+. The number of nitrogens with zero attached hydrogens (tertiary/aromatic N) is 3. The minimum Gasteiger partial charge on any atom is -0.493 e. The third kappa shape index (κ3) is 3.65. The molecule has 0 bridgehead atoms. The molecule has 0 saturated carbocycles. The molecule has 2 aromatic heterocycles. The summed E-state index contributed by atoms with van der Waals surface area (Å²) in [6.45, 7) is 4.69. The molecule has 3 aromatic rings. The predicted octanol–water partition coefficient (Wildman–Crippen LogP) is 3.04. The molecule has 0 aliphatic carbocycles. The highest BCUT2D eigenvalue weighted by Gasteiger charge is 2.10. The summed E-state index contributed by atoms with van der Waals surface area (Å²) in [6.07, 6.45) is 4.89. The molecule has 128 valence electrons. The molecule has 0 aliphatic rings. The van der Waals surface area contributed by atoms with Crippen molar-refractivity contribution in [2.24, 2.45) is 0 Å². The normalized spacial score (nSPS) is 11.1. The Labute approximate surface area is 144 Å². The number of aromatic nitrogens is 5. The van der Waals surface area contributed by atoms with Crippen molar-refractivity contribution < 1.29 is 4.74 Å². The summed E-state index contributed by atoms with van der Waals surface area (Å²) in [4.78, 5) is 15.2. The van der Waals surface area contributed by atoms with Crippen LogP contribution in [0.2, 0.25) is 0 Å². The van der Waals surface area contributed by atoms with Crippen LogP contribution in [-0.2, 0) is 0 Å². The van der Waals surface area contributed by atoms with Gasteiger partial charge in [0.25, 0.3) is 5.56 Å². The van der Waals surface area contributed by atoms with Gasteiger partial charge in [0.05, 0.1) is 12.2 Å². The Morgan fingerprint density at radius 2 is 2.12 bits per heavy atom. The van der Waals surface area contributed by atoms with Gasteiger partial charge in [0.2, 0.25) is 0 Å². The molecular weight excluding hydrogens is 318 g/mol. The highest BCUT2D eigenvalue weighted by Crippen LogP contribution is 2.27. The summed E-state index contributed by atoms with van der Waals surface area (Å²) >= 11 is 0. The van der Waals surface area contributed by atoms with Gasteiger partial charge >= 0.3 is 0 Å². The van der Waals surface area contributed by atoms with E-state index in [4.69, 9.17) is 4.74 Å². The van der Waals surface area contributed by atoms with Gasteiger partial charge in [0.1, 0.15) is 5.75 Å². The molecule has 2 N–H and O–H groups in total. The Bertz CT molecular complexity index is 929. The molecule has 2 heterocycles. The van der Waals surface area contributed by atoms with Crippen LogP contribution in [0.3, 0.4) is 0 Å². The monoisotopic (exact) mass is 337 g/mol. The average molecular weight is 337 g/mol. The number of allylic oxidation sites excluding steroid dienone is 1. The molecule has 7 heteroatoms. The van der Waals surface area contributed by atoms with Gasteiger partial charge in [-0.25, -0.2) is 5.10 Å². The lowest BCUT2D eigenvalue weighted by Gasteiger charge is -2.11. The van der Waals surface area contributed by atoms with E-state index in [9.17, 15) is 4.79 Å². The fourth-order valence-corrected chi connectivity index (χ4v) is 2.47. The Kier molecular flexibility index (Phi) is 5.03. The Morgan fingerprint density at radius 3 is 2.80 bits per heavy atom. The Hall–Kier alpha value is -3.22. The van der Waals surface area contributed by atoms with E-state index in [0.29, 0.717) is 23.7 Å². The fourth-order valence-electron chi connectivity index (χ4n) is 2.47. The Morgan fingerprint density at radius 1 is 1.24 bits per heavy atom. The second-order valence-corrected chi connectivity index (χ2v) is 5.47. The second-order valence-electron chi connectivity index (χ2n) is 5.47. The van der Waals surface area contributed by atoms with E-state index in [-0.39, 0.29) is 5.56 Å². The molecule has 0 amide bonds. The molecule has 1 aromatic carbocycles. The van der Waals surface area contributed by atoms with Crippen molar-refractivity contribution in [3.8, 4) is 28.4 Å². The van der Waals surface area contributed by atoms with Gasteiger partial charge in [-0.15, -0.1) is 5.10 Å². The van der Waals surface area contributed by atoms with Crippen LogP contribution in [-0.4, -0.2) is 32.2 Å². The van der Waals surface area contributed by atoms with Crippen molar-refractivity contribution in [1.82, 2.24) is 25.6 Å². The van der Waals surface area contributed by atoms with Crippen LogP contribution in [0.25, 0.3) is 28.7 Å². The molecule has 0 unspecified atom stereocenters. The minimum absolute atomic E-state index is 0.255. The largest absolute Gasteiger partial charge is 0.493 e. The molecule has 0 atom stereocenters. The zero-order valence-electron chi connectivity index (χ0n) is 14.1. The van der Waals surface area contributed by atoms with E-state index in [2.05, 4.69) is 32.5 Å². The van der Waals surface area contributed by atoms with Gasteiger partial charge in [0.15, 0.2) is 5.82 Å². The summed E-state index contributed by atoms with van der Waals surface area (Å²) in [5.74, 6) is 1.17. The van der Waals surface area contributed by atoms with Crippen LogP contribution in [0.5, 0.6) is 5.75 Å². The summed E-state index contributed by atoms with van der Waals surface area (Å²) in [5.41, 5.74) is 2.73. The third-order valence-corrected chi connectivity index (χ3v) is 3.64. The van der Waals surface area contributed by atoms with Crippen molar-refractivity contribution in [3.63, 3.8) is 0 Å². The van der Waals surface area contributed by atoms with Crippen LogP contribution in [0.4, 0.5) is 0 Å². The SMILES string of the molecule is C/C=C/c1cc(-c2ccc(-c3nnn[nH]3)c(=O)[nH]2)ccc1OCCC. The number of H-pyrrole nitrogens is 2. The van der Waals surface area contributed by atoms with Crippen molar-refractivity contribution in [1.29, 1.82) is 0 Å². The first-order chi connectivity index (χ1) is 12.2. The van der Waals surface area contributed by atoms with Crippen LogP contribution in [0.15, 0.2) is 41.2 Å². The zero-order valence-corrected chi connectivity index (χ0v) is 14.1. The van der Waals surface area contributed by atoms with Crippen LogP contribution >= 0.6 is 0 Å². The molecule has 0 spiro atoms. The topological polar surface area (TPSA) is 96.5 Å². The van der Waals surface area contributed by atoms with Gasteiger partial charge in [-0.1, -0.05) is 19.1 Å². The van der Waals surface area contributed by atoms with E-state index in [1.807, 2.05) is 43.3 Å². The van der Waals surface area contributed by atoms with E-state index < -0.39 is 0 Å². The number of hydrogen-bond donors (Lipinski definition) is 2. The van der Waals surface area contributed by atoms with Crippen molar-refractivity contribution in [3.05, 3.63) is 52.3 Å². The average Bonchev–Trinajstić information content (AvgIpc) is 3.15. The summed E-state index contributed by atoms with van der Waals surface area (Å²) < 4.78 is 5.77. The van der Waals surface area contributed by atoms with Gasteiger partial charge in [-0.2, -0.15) is 0 Å². The van der Waals surface area contributed by atoms with E-state index in [0.717, 1.165) is 23.3 Å². The number of tetrazole rings is 1. The highest BCUT2D eigenvalue weighted by molar-refractivity contribution is 5.69. The van der Waals surface area contributed by atoms with E-state index >= 15 is 0 Å². The highest BCUT2D eigenvalue weighted by atomic mass is 16.5. The fraction of sp³-hybridized carbons (Fsp3) is 0.222. The lowest BCUT2D eigenvalue weighted by atomic mass is 10.1. The number of nitrogens with one attached hydrogen (secondary N) is 2. The predicted molar refractivity (Wildman–Crippen MR) is 96.2 cm³/mol. The minimum atomic E-state index is -0.255. The molecule has 3 rings (SSSR count). The molecule has 0 radical (unpaired) electrons. The Balaban J connectivity index is 1.97. The van der Waals surface area contributed by atoms with E-state index in [1.165, 1.54) is 0 Å². The molecule has 0 fully saturated rings. The molecular formula is C18H19N5O2. The maximum Gasteiger partial charge on any atom is 0.259 e. The van der Waals surface area contributed by atoms with Crippen molar-refractivity contribution in [2.45, 2.75) is 20.3 Å². The number of rotatable bonds is 6. The number of hydrogen-bond acceptors (Lipinski definition) is 5. The number of ether oxygens (including phenoxy) is 1. The number of pyridine rings is 1. The van der Waals surface area contributed by atoms with Gasteiger partial charge in [-0.3, -0.25) is 4.79 Å². The summed E-state index contributed by atoms with van der Waals surface area (Å²) in [5, 5.41) is 13.3. The smallest absolute Gasteiger partial charge is 0.259 e. The van der Waals surface area contributed by atoms with Crippen LogP contribution in [0, 0.1) is 0 Å². The third-order valence-electron chi connectivity index (χ3n) is 3.64. The van der Waals surface area contributed by atoms with Gasteiger partial charge < -0.3 is 9.72 Å². The molecule has 7 nitrogen and oxygen atoms in total. The second kappa shape index (κ2) is 7.57. The quantitative estimate of drug-likeness (QED) is 0.720. The maximum absolute atomic E-state index is 12.3. The van der Waals surface area contributed by atoms with Gasteiger partial charge in [0, 0.05) is 11.3 Å². The maximum atomic E-state index is 12.3. The summed E-state index contributed by atoms with van der Waals surface area (Å²) in [6, 6.07) is 9.38. The number of benzene rings is 1. The summed E-state index contributed by atoms with van der Waals surface area (Å²) in [7, 11) is 0. The van der Waals surface area contributed by atoms with Crippen LogP contribution < -0.4 is 10.3 Å². The lowest BCUT2D eigenvalue weighted by Crippen LogP contribution is -2.10. The first-order valence-electron chi connectivity index (χ1n) is 8.10. The van der Waals surface area contributed by atoms with Crippen molar-refractivity contribution >= 4 is 6.08 Å². The molecule has 0 aliphatic heterocycles. The van der Waals surface area contributed by atoms with E-state index in [1.54, 1.807) is 6.07 Å². The lowest BCUT2D eigenvalue weighted by molar-refractivity contribution is 0.317. The molecule has 0 saturated heterocycles.